The average Bonchev–Trinajstić information content (AvgIpc) is 2.62. The Bertz CT molecular complexity index is 720. The predicted molar refractivity (Wildman–Crippen MR) is 103 cm³/mol. The minimum absolute atomic E-state index is 0.443. The number of carbonyl (C=O) groups excluding carboxylic acids is 1. The number of hydrogen-bond acceptors (Lipinski definition) is 6. The number of hydrogen-bond donors (Lipinski definition) is 1. The Labute approximate surface area is 154 Å². The van der Waals surface area contributed by atoms with E-state index in [2.05, 4.69) is 25.1 Å². The normalized spacial score (nSPS) is 14.9. The van der Waals surface area contributed by atoms with E-state index in [0.717, 1.165) is 43.5 Å². The average molecular weight is 355 g/mol. The zero-order valence-electron chi connectivity index (χ0n) is 15.5. The van der Waals surface area contributed by atoms with Gasteiger partial charge in [-0.1, -0.05) is 0 Å². The Morgan fingerprint density at radius 1 is 1.00 bits per heavy atom. The maximum atomic E-state index is 11.8. The smallest absolute Gasteiger partial charge is 0.412 e. The maximum absolute atomic E-state index is 11.8. The standard InChI is InChI=1S/C19H25N5O2/c1-19(2,3)26-18(25)22-15-5-7-16(8-6-15)23-11-13-24(14-12-23)17-20-9-4-10-21-17/h4-10H,11-14H2,1-3H3,(H,22,25). The summed E-state index contributed by atoms with van der Waals surface area (Å²) in [4.78, 5) is 24.9. The van der Waals surface area contributed by atoms with Crippen LogP contribution in [-0.2, 0) is 4.74 Å². The van der Waals surface area contributed by atoms with Crippen molar-refractivity contribution in [1.29, 1.82) is 0 Å². The minimum Gasteiger partial charge on any atom is -0.444 e. The van der Waals surface area contributed by atoms with Crippen molar-refractivity contribution in [1.82, 2.24) is 9.97 Å². The summed E-state index contributed by atoms with van der Waals surface area (Å²) in [5, 5.41) is 2.75. The summed E-state index contributed by atoms with van der Waals surface area (Å²) in [6.07, 6.45) is 3.10. The lowest BCUT2D eigenvalue weighted by atomic mass is 10.2. The second-order valence-electron chi connectivity index (χ2n) is 7.20. The third kappa shape index (κ3) is 4.84. The van der Waals surface area contributed by atoms with E-state index in [-0.39, 0.29) is 0 Å². The molecule has 3 rings (SSSR count). The first-order chi connectivity index (χ1) is 12.4. The Morgan fingerprint density at radius 2 is 1.58 bits per heavy atom. The van der Waals surface area contributed by atoms with Crippen molar-refractivity contribution in [3.05, 3.63) is 42.7 Å². The molecule has 1 amide bonds. The highest BCUT2D eigenvalue weighted by Crippen LogP contribution is 2.21. The van der Waals surface area contributed by atoms with Crippen molar-refractivity contribution in [2.75, 3.05) is 41.3 Å². The molecule has 0 atom stereocenters. The van der Waals surface area contributed by atoms with E-state index in [4.69, 9.17) is 4.74 Å². The number of nitrogens with one attached hydrogen (secondary N) is 1. The molecule has 0 bridgehead atoms. The fraction of sp³-hybridized carbons (Fsp3) is 0.421. The second-order valence-corrected chi connectivity index (χ2v) is 7.20. The summed E-state index contributed by atoms with van der Waals surface area (Å²) in [5.41, 5.74) is 1.35. The van der Waals surface area contributed by atoms with E-state index in [9.17, 15) is 4.79 Å². The van der Waals surface area contributed by atoms with Gasteiger partial charge in [0, 0.05) is 49.9 Å². The van der Waals surface area contributed by atoms with Crippen LogP contribution in [0.2, 0.25) is 0 Å². The molecular weight excluding hydrogens is 330 g/mol. The van der Waals surface area contributed by atoms with Crippen molar-refractivity contribution in [2.24, 2.45) is 0 Å². The van der Waals surface area contributed by atoms with E-state index in [1.807, 2.05) is 51.1 Å². The quantitative estimate of drug-likeness (QED) is 0.912. The lowest BCUT2D eigenvalue weighted by Crippen LogP contribution is -2.47. The van der Waals surface area contributed by atoms with Crippen molar-refractivity contribution < 1.29 is 9.53 Å². The summed E-state index contributed by atoms with van der Waals surface area (Å²) in [7, 11) is 0. The van der Waals surface area contributed by atoms with Gasteiger partial charge >= 0.3 is 6.09 Å². The molecule has 7 heteroatoms. The van der Waals surface area contributed by atoms with E-state index < -0.39 is 11.7 Å². The van der Waals surface area contributed by atoms with E-state index in [0.29, 0.717) is 0 Å². The van der Waals surface area contributed by atoms with Crippen molar-refractivity contribution in [2.45, 2.75) is 26.4 Å². The van der Waals surface area contributed by atoms with Crippen molar-refractivity contribution in [3.63, 3.8) is 0 Å². The zero-order valence-corrected chi connectivity index (χ0v) is 15.5. The Morgan fingerprint density at radius 3 is 2.15 bits per heavy atom. The van der Waals surface area contributed by atoms with Gasteiger partial charge < -0.3 is 14.5 Å². The van der Waals surface area contributed by atoms with Gasteiger partial charge in [-0.2, -0.15) is 0 Å². The molecule has 0 saturated carbocycles. The molecule has 0 aliphatic carbocycles. The molecule has 0 spiro atoms. The fourth-order valence-electron chi connectivity index (χ4n) is 2.80. The molecule has 1 aromatic heterocycles. The molecule has 0 unspecified atom stereocenters. The number of amides is 1. The minimum atomic E-state index is -0.508. The van der Waals surface area contributed by atoms with Gasteiger partial charge in [0.1, 0.15) is 5.60 Å². The number of ether oxygens (including phenoxy) is 1. The van der Waals surface area contributed by atoms with Crippen LogP contribution in [0.15, 0.2) is 42.7 Å². The highest BCUT2D eigenvalue weighted by molar-refractivity contribution is 5.85. The van der Waals surface area contributed by atoms with Crippen molar-refractivity contribution >= 4 is 23.4 Å². The largest absolute Gasteiger partial charge is 0.444 e. The van der Waals surface area contributed by atoms with Crippen LogP contribution < -0.4 is 15.1 Å². The van der Waals surface area contributed by atoms with E-state index >= 15 is 0 Å². The predicted octanol–water partition coefficient (Wildman–Crippen LogP) is 3.15. The number of nitrogens with zero attached hydrogens (tertiary/aromatic N) is 4. The highest BCUT2D eigenvalue weighted by Gasteiger charge is 2.19. The van der Waals surface area contributed by atoms with Gasteiger partial charge in [0.25, 0.3) is 0 Å². The van der Waals surface area contributed by atoms with Crippen LogP contribution in [0.1, 0.15) is 20.8 Å². The maximum Gasteiger partial charge on any atom is 0.412 e. The van der Waals surface area contributed by atoms with Crippen LogP contribution in [0.4, 0.5) is 22.1 Å². The topological polar surface area (TPSA) is 70.6 Å². The third-order valence-electron chi connectivity index (χ3n) is 3.99. The molecule has 1 saturated heterocycles. The van der Waals surface area contributed by atoms with Crippen LogP contribution in [0.5, 0.6) is 0 Å². The highest BCUT2D eigenvalue weighted by atomic mass is 16.6. The van der Waals surface area contributed by atoms with Crippen LogP contribution in [0.25, 0.3) is 0 Å². The van der Waals surface area contributed by atoms with Gasteiger partial charge in [0.15, 0.2) is 0 Å². The third-order valence-corrected chi connectivity index (χ3v) is 3.99. The number of rotatable bonds is 3. The molecule has 1 aliphatic rings. The van der Waals surface area contributed by atoms with Crippen LogP contribution >= 0.6 is 0 Å². The van der Waals surface area contributed by atoms with Crippen LogP contribution in [-0.4, -0.2) is 47.8 Å². The molecule has 2 aromatic rings. The monoisotopic (exact) mass is 355 g/mol. The number of piperazine rings is 1. The molecule has 138 valence electrons. The second kappa shape index (κ2) is 7.59. The lowest BCUT2D eigenvalue weighted by Gasteiger charge is -2.36. The molecule has 1 N–H and O–H groups in total. The van der Waals surface area contributed by atoms with E-state index in [1.54, 1.807) is 12.4 Å². The van der Waals surface area contributed by atoms with Crippen molar-refractivity contribution in [3.8, 4) is 0 Å². The Balaban J connectivity index is 1.54. The summed E-state index contributed by atoms with van der Waals surface area (Å²) in [5.74, 6) is 0.782. The summed E-state index contributed by atoms with van der Waals surface area (Å²) in [6.45, 7) is 9.08. The fourth-order valence-corrected chi connectivity index (χ4v) is 2.80. The molecule has 1 fully saturated rings. The van der Waals surface area contributed by atoms with Gasteiger partial charge in [-0.15, -0.1) is 0 Å². The van der Waals surface area contributed by atoms with Gasteiger partial charge in [-0.3, -0.25) is 5.32 Å². The van der Waals surface area contributed by atoms with Gasteiger partial charge in [-0.05, 0) is 51.1 Å². The first kappa shape index (κ1) is 18.0. The Kier molecular flexibility index (Phi) is 5.25. The summed E-state index contributed by atoms with van der Waals surface area (Å²) >= 11 is 0. The van der Waals surface area contributed by atoms with Crippen LogP contribution in [0.3, 0.4) is 0 Å². The van der Waals surface area contributed by atoms with Gasteiger partial charge in [0.2, 0.25) is 5.95 Å². The molecular formula is C19H25N5O2. The lowest BCUT2D eigenvalue weighted by molar-refractivity contribution is 0.0636. The molecule has 1 aliphatic heterocycles. The SMILES string of the molecule is CC(C)(C)OC(=O)Nc1ccc(N2CCN(c3ncccn3)CC2)cc1. The number of anilines is 3. The molecule has 2 heterocycles. The zero-order chi connectivity index (χ0) is 18.6. The number of carbonyl (C=O) groups is 1. The first-order valence-corrected chi connectivity index (χ1v) is 8.78. The molecule has 7 nitrogen and oxygen atoms in total. The first-order valence-electron chi connectivity index (χ1n) is 8.78. The molecule has 0 radical (unpaired) electrons. The summed E-state index contributed by atoms with van der Waals surface area (Å²) < 4.78 is 5.26. The Hall–Kier alpha value is -2.83. The van der Waals surface area contributed by atoms with Gasteiger partial charge in [-0.25, -0.2) is 14.8 Å². The van der Waals surface area contributed by atoms with Crippen LogP contribution in [0, 0.1) is 0 Å². The number of aromatic nitrogens is 2. The summed E-state index contributed by atoms with van der Waals surface area (Å²) in [6, 6.07) is 9.65. The number of benzene rings is 1. The molecule has 26 heavy (non-hydrogen) atoms. The van der Waals surface area contributed by atoms with E-state index in [1.165, 1.54) is 0 Å². The molecule has 1 aromatic carbocycles. The van der Waals surface area contributed by atoms with Gasteiger partial charge in [0.05, 0.1) is 0 Å².